The Bertz CT molecular complexity index is 756. The van der Waals surface area contributed by atoms with Gasteiger partial charge in [0, 0.05) is 11.8 Å². The number of Topliss-reactive ketones (excluding diaryl/α,β-unsaturated/α-hetero) is 1. The second kappa shape index (κ2) is 7.73. The second-order valence-electron chi connectivity index (χ2n) is 13.8. The van der Waals surface area contributed by atoms with Crippen LogP contribution in [-0.4, -0.2) is 5.78 Å². The number of carbonyl (C=O) groups excluding carboxylic acids is 1. The van der Waals surface area contributed by atoms with Crippen LogP contribution in [0.25, 0.3) is 0 Å². The third kappa shape index (κ3) is 3.33. The maximum Gasteiger partial charge on any atom is 0.138 e. The molecular weight excluding hydrogens is 376 g/mol. The zero-order valence-corrected chi connectivity index (χ0v) is 22.0. The highest BCUT2D eigenvalue weighted by atomic mass is 16.1. The molecule has 6 atom stereocenters. The predicted octanol–water partition coefficient (Wildman–Crippen LogP) is 8.77. The van der Waals surface area contributed by atoms with E-state index < -0.39 is 0 Å². The molecular formula is C30H50O. The smallest absolute Gasteiger partial charge is 0.138 e. The minimum atomic E-state index is -0.143. The fourth-order valence-electron chi connectivity index (χ4n) is 9.49. The van der Waals surface area contributed by atoms with Crippen LogP contribution in [0.15, 0.2) is 11.1 Å². The van der Waals surface area contributed by atoms with Gasteiger partial charge in [-0.05, 0) is 84.9 Å². The molecule has 0 aromatic rings. The molecule has 6 unspecified atom stereocenters. The lowest BCUT2D eigenvalue weighted by atomic mass is 9.43. The van der Waals surface area contributed by atoms with E-state index >= 15 is 0 Å². The molecule has 4 rings (SSSR count). The van der Waals surface area contributed by atoms with Crippen LogP contribution in [0, 0.1) is 45.3 Å². The quantitative estimate of drug-likeness (QED) is 0.401. The molecule has 0 saturated heterocycles. The van der Waals surface area contributed by atoms with Crippen molar-refractivity contribution in [3.8, 4) is 0 Å². The third-order valence-corrected chi connectivity index (χ3v) is 11.7. The van der Waals surface area contributed by atoms with Gasteiger partial charge in [0.2, 0.25) is 0 Å². The van der Waals surface area contributed by atoms with Crippen molar-refractivity contribution in [2.75, 3.05) is 0 Å². The topological polar surface area (TPSA) is 17.1 Å². The molecule has 0 heterocycles. The van der Waals surface area contributed by atoms with E-state index in [1.807, 2.05) is 11.1 Å². The lowest BCUT2D eigenvalue weighted by Gasteiger charge is -2.61. The molecule has 0 bridgehead atoms. The van der Waals surface area contributed by atoms with Crippen LogP contribution in [0.2, 0.25) is 0 Å². The Balaban J connectivity index is 1.63. The minimum Gasteiger partial charge on any atom is -0.299 e. The van der Waals surface area contributed by atoms with Gasteiger partial charge in [0.25, 0.3) is 0 Å². The zero-order valence-electron chi connectivity index (χ0n) is 22.0. The Morgan fingerprint density at radius 2 is 1.55 bits per heavy atom. The lowest BCUT2D eigenvalue weighted by molar-refractivity contribution is -0.139. The highest BCUT2D eigenvalue weighted by Gasteiger charge is 2.63. The first-order chi connectivity index (χ1) is 14.4. The fourth-order valence-corrected chi connectivity index (χ4v) is 9.49. The molecule has 176 valence electrons. The summed E-state index contributed by atoms with van der Waals surface area (Å²) in [6, 6.07) is 0. The molecule has 0 N–H and O–H groups in total. The van der Waals surface area contributed by atoms with Crippen LogP contribution in [0.5, 0.6) is 0 Å². The van der Waals surface area contributed by atoms with E-state index in [2.05, 4.69) is 55.4 Å². The van der Waals surface area contributed by atoms with Gasteiger partial charge in [-0.25, -0.2) is 0 Å². The summed E-state index contributed by atoms with van der Waals surface area (Å²) in [6.45, 7) is 19.7. The lowest BCUT2D eigenvalue weighted by Crippen LogP contribution is -2.53. The van der Waals surface area contributed by atoms with Gasteiger partial charge < -0.3 is 0 Å². The average molecular weight is 427 g/mol. The Morgan fingerprint density at radius 1 is 0.839 bits per heavy atom. The van der Waals surface area contributed by atoms with Crippen molar-refractivity contribution in [3.63, 3.8) is 0 Å². The van der Waals surface area contributed by atoms with Crippen molar-refractivity contribution < 1.29 is 4.79 Å². The number of carbonyl (C=O) groups is 1. The van der Waals surface area contributed by atoms with E-state index in [1.165, 1.54) is 57.8 Å². The highest BCUT2D eigenvalue weighted by molar-refractivity contribution is 5.85. The fraction of sp³-hybridized carbons (Fsp3) is 0.900. The molecule has 0 amide bonds. The predicted molar refractivity (Wildman–Crippen MR) is 132 cm³/mol. The first-order valence-electron chi connectivity index (χ1n) is 13.6. The molecule has 2 fully saturated rings. The summed E-state index contributed by atoms with van der Waals surface area (Å²) in [5, 5.41) is 0. The number of hydrogen-bond donors (Lipinski definition) is 0. The molecule has 31 heavy (non-hydrogen) atoms. The van der Waals surface area contributed by atoms with Gasteiger partial charge in [0.1, 0.15) is 5.78 Å². The summed E-state index contributed by atoms with van der Waals surface area (Å²) in [7, 11) is 0. The minimum absolute atomic E-state index is 0.143. The summed E-state index contributed by atoms with van der Waals surface area (Å²) in [6.07, 6.45) is 14.1. The van der Waals surface area contributed by atoms with E-state index in [4.69, 9.17) is 0 Å². The number of fused-ring (bicyclic) bond motifs is 4. The van der Waals surface area contributed by atoms with E-state index in [1.54, 1.807) is 0 Å². The monoisotopic (exact) mass is 426 g/mol. The molecule has 0 radical (unpaired) electrons. The average Bonchev–Trinajstić information content (AvgIpc) is 2.96. The summed E-state index contributed by atoms with van der Waals surface area (Å²) >= 11 is 0. The van der Waals surface area contributed by atoms with Crippen LogP contribution in [0.1, 0.15) is 126 Å². The molecule has 0 aliphatic heterocycles. The summed E-state index contributed by atoms with van der Waals surface area (Å²) in [5.41, 5.74) is 4.65. The van der Waals surface area contributed by atoms with Crippen LogP contribution in [-0.2, 0) is 4.79 Å². The Labute approximate surface area is 193 Å². The molecule has 2 saturated carbocycles. The number of rotatable bonds is 5. The van der Waals surface area contributed by atoms with Crippen molar-refractivity contribution in [2.45, 2.75) is 126 Å². The largest absolute Gasteiger partial charge is 0.299 e. The van der Waals surface area contributed by atoms with Crippen LogP contribution in [0.4, 0.5) is 0 Å². The summed E-state index contributed by atoms with van der Waals surface area (Å²) < 4.78 is 0. The van der Waals surface area contributed by atoms with Gasteiger partial charge in [-0.3, -0.25) is 4.79 Å². The van der Waals surface area contributed by atoms with Gasteiger partial charge in [-0.1, -0.05) is 85.8 Å². The zero-order chi connectivity index (χ0) is 22.8. The van der Waals surface area contributed by atoms with Crippen molar-refractivity contribution >= 4 is 5.78 Å². The molecule has 0 spiro atoms. The van der Waals surface area contributed by atoms with Gasteiger partial charge in [-0.2, -0.15) is 0 Å². The third-order valence-electron chi connectivity index (χ3n) is 11.7. The van der Waals surface area contributed by atoms with Crippen LogP contribution < -0.4 is 0 Å². The number of allylic oxidation sites excluding steroid dienone is 2. The first-order valence-corrected chi connectivity index (χ1v) is 13.6. The first kappa shape index (κ1) is 23.6. The Hall–Kier alpha value is -0.590. The van der Waals surface area contributed by atoms with E-state index in [0.717, 1.165) is 30.6 Å². The van der Waals surface area contributed by atoms with Crippen LogP contribution >= 0.6 is 0 Å². The molecule has 1 nitrogen and oxygen atoms in total. The van der Waals surface area contributed by atoms with Gasteiger partial charge in [0.05, 0.1) is 0 Å². The van der Waals surface area contributed by atoms with Crippen LogP contribution in [0.3, 0.4) is 0 Å². The maximum absolute atomic E-state index is 12.8. The normalized spacial score (nSPS) is 42.9. The highest BCUT2D eigenvalue weighted by Crippen LogP contribution is 2.72. The summed E-state index contributed by atoms with van der Waals surface area (Å²) in [4.78, 5) is 12.8. The van der Waals surface area contributed by atoms with Crippen molar-refractivity contribution in [2.24, 2.45) is 45.3 Å². The summed E-state index contributed by atoms with van der Waals surface area (Å²) in [5.74, 6) is 3.63. The maximum atomic E-state index is 12.8. The van der Waals surface area contributed by atoms with E-state index in [9.17, 15) is 4.79 Å². The standard InChI is InChI=1S/C30H50O/c1-20(2)10-9-11-21(3)22-14-18-30(8)24-12-13-25-27(4,5)26(31)16-17-28(25,6)23(24)15-19-29(22,30)7/h20-22,25H,9-19H2,1-8H3. The van der Waals surface area contributed by atoms with Crippen molar-refractivity contribution in [1.29, 1.82) is 0 Å². The SMILES string of the molecule is CC(C)CCCC(C)C1CCC2(C)C3=C(CCC12C)C1(C)CCC(=O)C(C)(C)C1CC3. The van der Waals surface area contributed by atoms with E-state index in [-0.39, 0.29) is 10.8 Å². The van der Waals surface area contributed by atoms with E-state index in [0.29, 0.717) is 22.5 Å². The second-order valence-corrected chi connectivity index (χ2v) is 13.8. The molecule has 4 aliphatic carbocycles. The van der Waals surface area contributed by atoms with Gasteiger partial charge in [-0.15, -0.1) is 0 Å². The Morgan fingerprint density at radius 3 is 2.23 bits per heavy atom. The molecule has 0 aromatic heterocycles. The number of hydrogen-bond acceptors (Lipinski definition) is 1. The molecule has 1 heteroatoms. The Kier molecular flexibility index (Phi) is 5.88. The van der Waals surface area contributed by atoms with Crippen molar-refractivity contribution in [3.05, 3.63) is 11.1 Å². The van der Waals surface area contributed by atoms with Gasteiger partial charge in [0.15, 0.2) is 0 Å². The molecule has 4 aliphatic rings. The molecule has 0 aromatic carbocycles. The van der Waals surface area contributed by atoms with Crippen molar-refractivity contribution in [1.82, 2.24) is 0 Å². The van der Waals surface area contributed by atoms with Gasteiger partial charge >= 0.3 is 0 Å². The number of ketones is 1.